The number of ether oxygens (including phenoxy) is 1. The normalized spacial score (nSPS) is 25.9. The molecule has 2 fully saturated rings. The Balaban J connectivity index is 1.79. The van der Waals surface area contributed by atoms with Gasteiger partial charge in [-0.2, -0.15) is 4.98 Å². The molecular formula is C16H24N4O5. The molecule has 9 nitrogen and oxygen atoms in total. The quantitative estimate of drug-likeness (QED) is 0.811. The van der Waals surface area contributed by atoms with Gasteiger partial charge in [-0.3, -0.25) is 9.69 Å². The first-order chi connectivity index (χ1) is 11.7. The van der Waals surface area contributed by atoms with E-state index in [-0.39, 0.29) is 11.8 Å². The van der Waals surface area contributed by atoms with Crippen LogP contribution in [0.2, 0.25) is 0 Å². The van der Waals surface area contributed by atoms with Gasteiger partial charge in [0, 0.05) is 6.54 Å². The highest BCUT2D eigenvalue weighted by molar-refractivity contribution is 5.96. The zero-order valence-electron chi connectivity index (χ0n) is 14.9. The van der Waals surface area contributed by atoms with Crippen LogP contribution in [0.3, 0.4) is 0 Å². The first kappa shape index (κ1) is 17.7. The fourth-order valence-corrected chi connectivity index (χ4v) is 3.58. The molecule has 9 heteroatoms. The number of hydrogen-bond acceptors (Lipinski definition) is 7. The van der Waals surface area contributed by atoms with Gasteiger partial charge in [0.25, 0.3) is 11.8 Å². The van der Waals surface area contributed by atoms with Crippen LogP contribution < -0.4 is 0 Å². The van der Waals surface area contributed by atoms with E-state index in [1.54, 1.807) is 27.7 Å². The van der Waals surface area contributed by atoms with Crippen LogP contribution in [0.1, 0.15) is 52.5 Å². The van der Waals surface area contributed by atoms with E-state index in [0.29, 0.717) is 19.5 Å². The van der Waals surface area contributed by atoms with Crippen LogP contribution in [-0.2, 0) is 9.53 Å². The molecule has 0 aliphatic carbocycles. The molecule has 2 amide bonds. The molecule has 1 aromatic rings. The lowest BCUT2D eigenvalue weighted by Gasteiger charge is -2.53. The Morgan fingerprint density at radius 2 is 2.20 bits per heavy atom. The Morgan fingerprint density at radius 1 is 1.48 bits per heavy atom. The standard InChI is InChI=1S/C16H24N4O5/c1-10(21)11(12-17-9-18-25-12)19-8-16(13(19)22)6-5-7-20(16)14(23)24-15(2,3)4/h9-11,21H,5-8H2,1-4H3. The second-order valence-electron chi connectivity index (χ2n) is 7.67. The number of aliphatic hydroxyl groups is 1. The van der Waals surface area contributed by atoms with Crippen molar-refractivity contribution in [3.05, 3.63) is 12.2 Å². The van der Waals surface area contributed by atoms with Crippen molar-refractivity contribution in [3.8, 4) is 0 Å². The lowest BCUT2D eigenvalue weighted by Crippen LogP contribution is -2.74. The van der Waals surface area contributed by atoms with Gasteiger partial charge in [0.15, 0.2) is 6.33 Å². The number of hydrogen-bond donors (Lipinski definition) is 1. The van der Waals surface area contributed by atoms with Crippen molar-refractivity contribution < 1.29 is 24.0 Å². The monoisotopic (exact) mass is 352 g/mol. The number of carbonyl (C=O) groups is 2. The first-order valence-corrected chi connectivity index (χ1v) is 8.42. The summed E-state index contributed by atoms with van der Waals surface area (Å²) in [5.41, 5.74) is -1.52. The van der Waals surface area contributed by atoms with Gasteiger partial charge in [0.1, 0.15) is 17.2 Å². The average molecular weight is 352 g/mol. The predicted molar refractivity (Wildman–Crippen MR) is 85.3 cm³/mol. The van der Waals surface area contributed by atoms with Gasteiger partial charge in [-0.15, -0.1) is 0 Å². The Labute approximate surface area is 145 Å². The summed E-state index contributed by atoms with van der Waals surface area (Å²) in [6.07, 6.45) is 1.19. The highest BCUT2D eigenvalue weighted by Gasteiger charge is 2.62. The summed E-state index contributed by atoms with van der Waals surface area (Å²) in [5, 5.41) is 13.6. The molecule has 3 atom stereocenters. The van der Waals surface area contributed by atoms with Crippen molar-refractivity contribution in [2.24, 2.45) is 0 Å². The molecule has 138 valence electrons. The molecule has 25 heavy (non-hydrogen) atoms. The molecule has 2 aliphatic heterocycles. The minimum absolute atomic E-state index is 0.181. The number of β-lactam (4-membered cyclic amide) rings is 1. The first-order valence-electron chi connectivity index (χ1n) is 8.42. The van der Waals surface area contributed by atoms with Crippen molar-refractivity contribution in [1.82, 2.24) is 19.9 Å². The fraction of sp³-hybridized carbons (Fsp3) is 0.750. The molecule has 2 saturated heterocycles. The van der Waals surface area contributed by atoms with Crippen molar-refractivity contribution in [2.75, 3.05) is 13.1 Å². The molecule has 0 saturated carbocycles. The van der Waals surface area contributed by atoms with Crippen LogP contribution >= 0.6 is 0 Å². The smallest absolute Gasteiger partial charge is 0.411 e. The van der Waals surface area contributed by atoms with Crippen molar-refractivity contribution in [1.29, 1.82) is 0 Å². The summed E-state index contributed by atoms with van der Waals surface area (Å²) in [5.74, 6) is -0.0417. The fourth-order valence-electron chi connectivity index (χ4n) is 3.58. The molecule has 2 aliphatic rings. The van der Waals surface area contributed by atoms with Crippen molar-refractivity contribution in [2.45, 2.75) is 63.8 Å². The molecule has 3 heterocycles. The number of rotatable bonds is 3. The van der Waals surface area contributed by atoms with Gasteiger partial charge in [-0.25, -0.2) is 4.79 Å². The third-order valence-electron chi connectivity index (χ3n) is 4.62. The van der Waals surface area contributed by atoms with Gasteiger partial charge in [-0.1, -0.05) is 5.16 Å². The van der Waals surface area contributed by atoms with E-state index >= 15 is 0 Å². The summed E-state index contributed by atoms with van der Waals surface area (Å²) in [6.45, 7) is 7.73. The SMILES string of the molecule is CC(O)C(c1ncno1)N1CC2(CCCN2C(=O)OC(C)(C)C)C1=O. The molecule has 0 aromatic carbocycles. The minimum atomic E-state index is -0.893. The highest BCUT2D eigenvalue weighted by Crippen LogP contribution is 2.44. The predicted octanol–water partition coefficient (Wildman–Crippen LogP) is 1.10. The summed E-state index contributed by atoms with van der Waals surface area (Å²) in [4.78, 5) is 32.4. The summed E-state index contributed by atoms with van der Waals surface area (Å²) >= 11 is 0. The van der Waals surface area contributed by atoms with E-state index < -0.39 is 29.4 Å². The van der Waals surface area contributed by atoms with E-state index in [2.05, 4.69) is 10.1 Å². The summed E-state index contributed by atoms with van der Waals surface area (Å²) < 4.78 is 10.5. The summed E-state index contributed by atoms with van der Waals surface area (Å²) in [6, 6.07) is -0.721. The van der Waals surface area contributed by atoms with Crippen LogP contribution in [0, 0.1) is 0 Å². The Bertz CT molecular complexity index is 654. The second-order valence-corrected chi connectivity index (χ2v) is 7.67. The highest BCUT2D eigenvalue weighted by atomic mass is 16.6. The maximum Gasteiger partial charge on any atom is 0.411 e. The van der Waals surface area contributed by atoms with Crippen LogP contribution in [-0.4, -0.2) is 67.4 Å². The minimum Gasteiger partial charge on any atom is -0.444 e. The third-order valence-corrected chi connectivity index (χ3v) is 4.62. The zero-order chi connectivity index (χ0) is 18.4. The van der Waals surface area contributed by atoms with Crippen molar-refractivity contribution in [3.63, 3.8) is 0 Å². The van der Waals surface area contributed by atoms with Gasteiger partial charge in [-0.05, 0) is 40.5 Å². The maximum atomic E-state index is 13.0. The van der Waals surface area contributed by atoms with Gasteiger partial charge in [0.05, 0.1) is 12.6 Å². The zero-order valence-corrected chi connectivity index (χ0v) is 14.9. The lowest BCUT2D eigenvalue weighted by molar-refractivity contribution is -0.170. The van der Waals surface area contributed by atoms with Crippen LogP contribution in [0.4, 0.5) is 4.79 Å². The Kier molecular flexibility index (Phi) is 4.22. The van der Waals surface area contributed by atoms with Crippen LogP contribution in [0.5, 0.6) is 0 Å². The number of aromatic nitrogens is 2. The molecule has 3 unspecified atom stereocenters. The lowest BCUT2D eigenvalue weighted by atomic mass is 9.83. The average Bonchev–Trinajstić information content (AvgIpc) is 3.14. The Hall–Kier alpha value is -2.16. The van der Waals surface area contributed by atoms with Crippen molar-refractivity contribution >= 4 is 12.0 Å². The number of amides is 2. The van der Waals surface area contributed by atoms with E-state index in [1.807, 2.05) is 0 Å². The van der Waals surface area contributed by atoms with Crippen LogP contribution in [0.25, 0.3) is 0 Å². The molecule has 0 radical (unpaired) electrons. The Morgan fingerprint density at radius 3 is 2.72 bits per heavy atom. The van der Waals surface area contributed by atoms with Gasteiger partial charge in [0.2, 0.25) is 0 Å². The van der Waals surface area contributed by atoms with E-state index in [0.717, 1.165) is 6.42 Å². The molecular weight excluding hydrogens is 328 g/mol. The number of carbonyl (C=O) groups excluding carboxylic acids is 2. The number of aliphatic hydroxyl groups excluding tert-OH is 1. The molecule has 1 N–H and O–H groups in total. The molecule has 3 rings (SSSR count). The number of likely N-dealkylation sites (tertiary alicyclic amines) is 2. The maximum absolute atomic E-state index is 13.0. The van der Waals surface area contributed by atoms with E-state index in [4.69, 9.17) is 9.26 Å². The topological polar surface area (TPSA) is 109 Å². The van der Waals surface area contributed by atoms with E-state index in [9.17, 15) is 14.7 Å². The van der Waals surface area contributed by atoms with Gasteiger partial charge < -0.3 is 19.3 Å². The van der Waals surface area contributed by atoms with Gasteiger partial charge >= 0.3 is 6.09 Å². The van der Waals surface area contributed by atoms with E-state index in [1.165, 1.54) is 16.1 Å². The second kappa shape index (κ2) is 5.98. The molecule has 1 spiro atoms. The largest absolute Gasteiger partial charge is 0.444 e. The number of nitrogens with zero attached hydrogens (tertiary/aromatic N) is 4. The molecule has 0 bridgehead atoms. The third kappa shape index (κ3) is 2.97. The molecule has 1 aromatic heterocycles. The summed E-state index contributed by atoms with van der Waals surface area (Å²) in [7, 11) is 0. The van der Waals surface area contributed by atoms with Crippen LogP contribution in [0.15, 0.2) is 10.9 Å².